The maximum atomic E-state index is 13.5. The summed E-state index contributed by atoms with van der Waals surface area (Å²) in [5, 5.41) is 0. The van der Waals surface area contributed by atoms with Gasteiger partial charge in [-0.1, -0.05) is 18.2 Å². The predicted molar refractivity (Wildman–Crippen MR) is 81.1 cm³/mol. The van der Waals surface area contributed by atoms with E-state index in [1.54, 1.807) is 18.2 Å². The van der Waals surface area contributed by atoms with Crippen molar-refractivity contribution in [3.05, 3.63) is 35.6 Å². The first-order valence-electron chi connectivity index (χ1n) is 7.47. The molecule has 1 saturated carbocycles. The minimum atomic E-state index is -0.304. The molecule has 22 heavy (non-hydrogen) atoms. The molecule has 3 atom stereocenters. The molecular formula is C16H22FN3O2. The number of carbonyl (C=O) groups is 2. The van der Waals surface area contributed by atoms with Crippen molar-refractivity contribution < 1.29 is 14.0 Å². The van der Waals surface area contributed by atoms with Crippen molar-refractivity contribution in [2.24, 2.45) is 23.3 Å². The van der Waals surface area contributed by atoms with Crippen LogP contribution in [-0.4, -0.2) is 36.3 Å². The Balaban J connectivity index is 0.000000545. The number of nitrogens with zero attached hydrogens (tertiary/aromatic N) is 1. The average molecular weight is 307 g/mol. The lowest BCUT2D eigenvalue weighted by molar-refractivity contribution is -0.131. The number of hydrogen-bond donors (Lipinski definition) is 2. The number of benzene rings is 1. The Bertz CT molecular complexity index is 528. The van der Waals surface area contributed by atoms with Crippen LogP contribution in [0, 0.1) is 17.7 Å². The highest BCUT2D eigenvalue weighted by Crippen LogP contribution is 2.44. The quantitative estimate of drug-likeness (QED) is 0.801. The highest BCUT2D eigenvalue weighted by molar-refractivity contribution is 5.77. The monoisotopic (exact) mass is 307 g/mol. The number of hydrogen-bond acceptors (Lipinski definition) is 3. The highest BCUT2D eigenvalue weighted by atomic mass is 19.1. The van der Waals surface area contributed by atoms with Gasteiger partial charge in [-0.2, -0.15) is 0 Å². The zero-order chi connectivity index (χ0) is 16.1. The van der Waals surface area contributed by atoms with Crippen molar-refractivity contribution in [1.29, 1.82) is 0 Å². The molecule has 2 fully saturated rings. The standard InChI is InChI=1S/C15H19FN2O.CH3NO/c16-14-4-2-1-3-10(14)6-13(17)7-15(19)18-8-11-5-12(11)9-18;2-1-3/h1-4,11-13H,5-9,17H2;1H,(H2,2,3). The van der Waals surface area contributed by atoms with Crippen LogP contribution in [0.5, 0.6) is 0 Å². The van der Waals surface area contributed by atoms with Gasteiger partial charge in [0.1, 0.15) is 5.82 Å². The fourth-order valence-corrected chi connectivity index (χ4v) is 2.97. The number of amides is 2. The Morgan fingerprint density at radius 2 is 1.95 bits per heavy atom. The Kier molecular flexibility index (Phi) is 5.49. The molecule has 2 aliphatic rings. The summed E-state index contributed by atoms with van der Waals surface area (Å²) in [6, 6.07) is 6.30. The maximum absolute atomic E-state index is 13.5. The predicted octanol–water partition coefficient (Wildman–Crippen LogP) is 0.665. The number of carbonyl (C=O) groups excluding carboxylic acids is 2. The fourth-order valence-electron chi connectivity index (χ4n) is 2.97. The molecular weight excluding hydrogens is 285 g/mol. The first-order valence-corrected chi connectivity index (χ1v) is 7.47. The summed E-state index contributed by atoms with van der Waals surface area (Å²) >= 11 is 0. The van der Waals surface area contributed by atoms with E-state index in [0.29, 0.717) is 18.4 Å². The van der Waals surface area contributed by atoms with Crippen molar-refractivity contribution in [3.63, 3.8) is 0 Å². The second kappa shape index (κ2) is 7.35. The lowest BCUT2D eigenvalue weighted by atomic mass is 10.0. The van der Waals surface area contributed by atoms with Crippen molar-refractivity contribution >= 4 is 12.3 Å². The third-order valence-corrected chi connectivity index (χ3v) is 4.21. The van der Waals surface area contributed by atoms with Crippen LogP contribution in [0.4, 0.5) is 4.39 Å². The Hall–Kier alpha value is -1.95. The van der Waals surface area contributed by atoms with Gasteiger partial charge in [-0.3, -0.25) is 9.59 Å². The number of halogens is 1. The number of piperidine rings is 1. The molecule has 0 spiro atoms. The van der Waals surface area contributed by atoms with Crippen molar-refractivity contribution in [2.45, 2.75) is 25.3 Å². The Morgan fingerprint density at radius 1 is 1.36 bits per heavy atom. The second-order valence-corrected chi connectivity index (χ2v) is 5.95. The van der Waals surface area contributed by atoms with E-state index in [9.17, 15) is 9.18 Å². The van der Waals surface area contributed by atoms with Gasteiger partial charge >= 0.3 is 0 Å². The van der Waals surface area contributed by atoms with Crippen LogP contribution < -0.4 is 11.5 Å². The van der Waals surface area contributed by atoms with E-state index >= 15 is 0 Å². The molecule has 1 aliphatic heterocycles. The molecule has 3 rings (SSSR count). The van der Waals surface area contributed by atoms with Gasteiger partial charge < -0.3 is 16.4 Å². The average Bonchev–Trinajstić information content (AvgIpc) is 3.08. The molecule has 0 radical (unpaired) electrons. The first kappa shape index (κ1) is 16.4. The van der Waals surface area contributed by atoms with E-state index in [2.05, 4.69) is 5.73 Å². The fraction of sp³-hybridized carbons (Fsp3) is 0.500. The van der Waals surface area contributed by atoms with Crippen LogP contribution in [0.25, 0.3) is 0 Å². The number of primary amides is 1. The maximum Gasteiger partial charge on any atom is 0.224 e. The van der Waals surface area contributed by atoms with Crippen molar-refractivity contribution in [3.8, 4) is 0 Å². The molecule has 2 amide bonds. The molecule has 6 heteroatoms. The molecule has 3 unspecified atom stereocenters. The van der Waals surface area contributed by atoms with E-state index in [1.807, 2.05) is 4.90 Å². The van der Waals surface area contributed by atoms with E-state index in [1.165, 1.54) is 12.5 Å². The molecule has 1 aromatic carbocycles. The van der Waals surface area contributed by atoms with Gasteiger partial charge in [-0.05, 0) is 36.3 Å². The van der Waals surface area contributed by atoms with Crippen molar-refractivity contribution in [2.75, 3.05) is 13.1 Å². The normalized spacial score (nSPS) is 23.1. The zero-order valence-electron chi connectivity index (χ0n) is 12.5. The summed E-state index contributed by atoms with van der Waals surface area (Å²) in [6.45, 7) is 1.80. The lowest BCUT2D eigenvalue weighted by Crippen LogP contribution is -2.36. The van der Waals surface area contributed by atoms with Crippen LogP contribution in [-0.2, 0) is 16.0 Å². The van der Waals surface area contributed by atoms with Gasteiger partial charge in [0.25, 0.3) is 0 Å². The van der Waals surface area contributed by atoms with Gasteiger partial charge in [-0.25, -0.2) is 4.39 Å². The summed E-state index contributed by atoms with van der Waals surface area (Å²) in [7, 11) is 0. The smallest absolute Gasteiger partial charge is 0.224 e. The third-order valence-electron chi connectivity index (χ3n) is 4.21. The minimum Gasteiger partial charge on any atom is -0.372 e. The summed E-state index contributed by atoms with van der Waals surface area (Å²) in [6.07, 6.45) is 2.26. The molecule has 1 aliphatic carbocycles. The number of likely N-dealkylation sites (tertiary alicyclic amines) is 1. The summed E-state index contributed by atoms with van der Waals surface area (Å²) in [5.74, 6) is 1.36. The molecule has 1 aromatic rings. The van der Waals surface area contributed by atoms with Gasteiger partial charge in [0.15, 0.2) is 0 Å². The van der Waals surface area contributed by atoms with E-state index < -0.39 is 0 Å². The first-order chi connectivity index (χ1) is 10.5. The molecule has 120 valence electrons. The van der Waals surface area contributed by atoms with Crippen LogP contribution in [0.15, 0.2) is 24.3 Å². The third kappa shape index (κ3) is 4.27. The topological polar surface area (TPSA) is 89.4 Å². The number of rotatable bonds is 4. The Labute approximate surface area is 129 Å². The van der Waals surface area contributed by atoms with Gasteiger partial charge in [0.2, 0.25) is 12.3 Å². The van der Waals surface area contributed by atoms with E-state index in [0.717, 1.165) is 24.9 Å². The van der Waals surface area contributed by atoms with E-state index in [4.69, 9.17) is 10.5 Å². The number of nitrogens with two attached hydrogens (primary N) is 2. The second-order valence-electron chi connectivity index (χ2n) is 5.95. The van der Waals surface area contributed by atoms with Crippen LogP contribution in [0.2, 0.25) is 0 Å². The minimum absolute atomic E-state index is 0.121. The lowest BCUT2D eigenvalue weighted by Gasteiger charge is -2.20. The molecule has 4 N–H and O–H groups in total. The SMILES string of the molecule is NC(CC(=O)N1CC2CC2C1)Cc1ccccc1F.NC=O. The van der Waals surface area contributed by atoms with Crippen LogP contribution in [0.1, 0.15) is 18.4 Å². The van der Waals surface area contributed by atoms with Gasteiger partial charge in [-0.15, -0.1) is 0 Å². The summed E-state index contributed by atoms with van der Waals surface area (Å²) < 4.78 is 13.5. The van der Waals surface area contributed by atoms with E-state index in [-0.39, 0.29) is 24.2 Å². The Morgan fingerprint density at radius 3 is 2.55 bits per heavy atom. The van der Waals surface area contributed by atoms with Gasteiger partial charge in [0, 0.05) is 25.6 Å². The molecule has 1 saturated heterocycles. The van der Waals surface area contributed by atoms with Gasteiger partial charge in [0.05, 0.1) is 0 Å². The number of fused-ring (bicyclic) bond motifs is 1. The molecule has 1 heterocycles. The van der Waals surface area contributed by atoms with Crippen LogP contribution >= 0.6 is 0 Å². The molecule has 0 aromatic heterocycles. The van der Waals surface area contributed by atoms with Crippen molar-refractivity contribution in [1.82, 2.24) is 4.90 Å². The summed E-state index contributed by atoms with van der Waals surface area (Å²) in [5.41, 5.74) is 10.7. The highest BCUT2D eigenvalue weighted by Gasteiger charge is 2.46. The van der Waals surface area contributed by atoms with Crippen LogP contribution in [0.3, 0.4) is 0 Å². The zero-order valence-corrected chi connectivity index (χ0v) is 12.5. The molecule has 5 nitrogen and oxygen atoms in total. The summed E-state index contributed by atoms with van der Waals surface area (Å²) in [4.78, 5) is 22.5. The largest absolute Gasteiger partial charge is 0.372 e. The molecule has 0 bridgehead atoms.